The van der Waals surface area contributed by atoms with E-state index in [-0.39, 0.29) is 10.3 Å². The fraction of sp³-hybridized carbons (Fsp3) is 0.375. The first-order valence-electron chi connectivity index (χ1n) is 6.98. The van der Waals surface area contributed by atoms with Gasteiger partial charge in [-0.25, -0.2) is 9.78 Å². The van der Waals surface area contributed by atoms with Crippen LogP contribution in [0.3, 0.4) is 0 Å². The van der Waals surface area contributed by atoms with Gasteiger partial charge in [-0.3, -0.25) is 0 Å². The number of aromatic nitrogens is 1. The lowest BCUT2D eigenvalue weighted by Crippen LogP contribution is -2.43. The van der Waals surface area contributed by atoms with E-state index in [1.165, 1.54) is 6.20 Å². The molecule has 0 radical (unpaired) electrons. The molecule has 2 heterocycles. The lowest BCUT2D eigenvalue weighted by atomic mass is 10.1. The Morgan fingerprint density at radius 1 is 1.33 bits per heavy atom. The Balaban J connectivity index is 2.12. The number of benzene rings is 1. The smallest absolute Gasteiger partial charge is 0.337 e. The summed E-state index contributed by atoms with van der Waals surface area (Å²) in [6.45, 7) is 6.33. The lowest BCUT2D eigenvalue weighted by molar-refractivity contribution is 0.0698. The molecule has 1 aromatic carbocycles. The number of hydrogen-bond acceptors (Lipinski definition) is 4. The summed E-state index contributed by atoms with van der Waals surface area (Å²) >= 11 is 1.97. The number of carboxylic acid groups (broad SMARTS) is 1. The van der Waals surface area contributed by atoms with E-state index in [0.29, 0.717) is 0 Å². The van der Waals surface area contributed by atoms with Crippen LogP contribution >= 0.6 is 11.8 Å². The zero-order valence-electron chi connectivity index (χ0n) is 12.2. The molecule has 0 bridgehead atoms. The average molecular weight is 302 g/mol. The number of thioether (sulfide) groups is 1. The number of nitrogens with zero attached hydrogens (tertiary/aromatic N) is 2. The van der Waals surface area contributed by atoms with E-state index >= 15 is 0 Å². The molecule has 0 unspecified atom stereocenters. The molecule has 1 N–H and O–H groups in total. The van der Waals surface area contributed by atoms with Gasteiger partial charge in [0.15, 0.2) is 0 Å². The van der Waals surface area contributed by atoms with Crippen LogP contribution in [0.1, 0.15) is 24.2 Å². The highest BCUT2D eigenvalue weighted by Gasteiger charge is 2.29. The lowest BCUT2D eigenvalue weighted by Gasteiger charge is -2.38. The van der Waals surface area contributed by atoms with Crippen LogP contribution in [-0.2, 0) is 0 Å². The van der Waals surface area contributed by atoms with Crippen LogP contribution in [0.25, 0.3) is 10.8 Å². The minimum atomic E-state index is -0.931. The fourth-order valence-electron chi connectivity index (χ4n) is 2.80. The van der Waals surface area contributed by atoms with E-state index in [0.717, 1.165) is 35.4 Å². The first kappa shape index (κ1) is 14.2. The third-order valence-electron chi connectivity index (χ3n) is 3.73. The topological polar surface area (TPSA) is 53.4 Å². The Labute approximate surface area is 128 Å². The van der Waals surface area contributed by atoms with Crippen LogP contribution in [0, 0.1) is 0 Å². The molecule has 0 spiro atoms. The minimum absolute atomic E-state index is 0.187. The number of fused-ring (bicyclic) bond motifs is 1. The summed E-state index contributed by atoms with van der Waals surface area (Å²) in [5, 5.41) is 11.0. The quantitative estimate of drug-likeness (QED) is 0.922. The van der Waals surface area contributed by atoms with Gasteiger partial charge in [-0.15, -0.1) is 0 Å². The third kappa shape index (κ3) is 2.70. The van der Waals surface area contributed by atoms with Crippen LogP contribution in [0.4, 0.5) is 5.82 Å². The van der Waals surface area contributed by atoms with Crippen molar-refractivity contribution in [1.29, 1.82) is 0 Å². The van der Waals surface area contributed by atoms with Gasteiger partial charge in [-0.1, -0.05) is 24.3 Å². The summed E-state index contributed by atoms with van der Waals surface area (Å²) < 4.78 is 0.187. The molecule has 1 aliphatic heterocycles. The Bertz CT molecular complexity index is 700. The summed E-state index contributed by atoms with van der Waals surface area (Å²) in [7, 11) is 0. The number of aromatic carboxylic acids is 1. The SMILES string of the molecule is CC1(C)CN(c2ncc(C(=O)O)c3ccccc23)CCS1. The van der Waals surface area contributed by atoms with Crippen molar-refractivity contribution in [3.05, 3.63) is 36.0 Å². The summed E-state index contributed by atoms with van der Waals surface area (Å²) in [4.78, 5) is 18.1. The molecule has 0 amide bonds. The Morgan fingerprint density at radius 3 is 2.71 bits per heavy atom. The zero-order valence-corrected chi connectivity index (χ0v) is 13.0. The summed E-state index contributed by atoms with van der Waals surface area (Å²) in [6.07, 6.45) is 1.48. The molecule has 1 fully saturated rings. The Kier molecular flexibility index (Phi) is 3.53. The molecule has 1 aliphatic rings. The predicted octanol–water partition coefficient (Wildman–Crippen LogP) is 3.26. The zero-order chi connectivity index (χ0) is 15.0. The highest BCUT2D eigenvalue weighted by Crippen LogP contribution is 2.34. The van der Waals surface area contributed by atoms with Gasteiger partial charge in [-0.05, 0) is 13.8 Å². The molecule has 0 atom stereocenters. The number of carbonyl (C=O) groups is 1. The van der Waals surface area contributed by atoms with E-state index in [1.807, 2.05) is 36.0 Å². The Morgan fingerprint density at radius 2 is 2.05 bits per heavy atom. The largest absolute Gasteiger partial charge is 0.478 e. The minimum Gasteiger partial charge on any atom is -0.478 e. The molecule has 1 saturated heterocycles. The molecule has 4 nitrogen and oxygen atoms in total. The van der Waals surface area contributed by atoms with Crippen molar-refractivity contribution in [2.75, 3.05) is 23.7 Å². The van der Waals surface area contributed by atoms with Gasteiger partial charge in [0.25, 0.3) is 0 Å². The number of rotatable bonds is 2. The molecule has 0 aliphatic carbocycles. The second-order valence-electron chi connectivity index (χ2n) is 5.88. The van der Waals surface area contributed by atoms with Gasteiger partial charge in [0.05, 0.1) is 5.56 Å². The second kappa shape index (κ2) is 5.22. The number of pyridine rings is 1. The molecular formula is C16H18N2O2S. The molecule has 3 rings (SSSR count). The van der Waals surface area contributed by atoms with Crippen molar-refractivity contribution in [3.8, 4) is 0 Å². The van der Waals surface area contributed by atoms with E-state index in [2.05, 4.69) is 23.7 Å². The maximum Gasteiger partial charge on any atom is 0.337 e. The monoisotopic (exact) mass is 302 g/mol. The van der Waals surface area contributed by atoms with Crippen LogP contribution < -0.4 is 4.90 Å². The average Bonchev–Trinajstić information content (AvgIpc) is 2.44. The van der Waals surface area contributed by atoms with Crippen molar-refractivity contribution in [1.82, 2.24) is 4.98 Å². The van der Waals surface area contributed by atoms with Crippen LogP contribution in [0.15, 0.2) is 30.5 Å². The van der Waals surface area contributed by atoms with Crippen molar-refractivity contribution in [2.45, 2.75) is 18.6 Å². The first-order chi connectivity index (χ1) is 9.98. The van der Waals surface area contributed by atoms with E-state index in [1.54, 1.807) is 0 Å². The molecule has 1 aromatic heterocycles. The van der Waals surface area contributed by atoms with E-state index < -0.39 is 5.97 Å². The first-order valence-corrected chi connectivity index (χ1v) is 7.96. The van der Waals surface area contributed by atoms with Gasteiger partial charge >= 0.3 is 5.97 Å². The van der Waals surface area contributed by atoms with Crippen molar-refractivity contribution < 1.29 is 9.90 Å². The third-order valence-corrected chi connectivity index (χ3v) is 5.03. The maximum atomic E-state index is 11.3. The number of hydrogen-bond donors (Lipinski definition) is 1. The standard InChI is InChI=1S/C16H18N2O2S/c1-16(2)10-18(7-8-21-16)14-12-6-4-3-5-11(12)13(9-17-14)15(19)20/h3-6,9H,7-8,10H2,1-2H3,(H,19,20). The van der Waals surface area contributed by atoms with Crippen molar-refractivity contribution >= 4 is 34.3 Å². The molecule has 110 valence electrons. The van der Waals surface area contributed by atoms with Gasteiger partial charge < -0.3 is 10.0 Å². The Hall–Kier alpha value is -1.75. The predicted molar refractivity (Wildman–Crippen MR) is 87.5 cm³/mol. The van der Waals surface area contributed by atoms with E-state index in [4.69, 9.17) is 0 Å². The van der Waals surface area contributed by atoms with Crippen molar-refractivity contribution in [2.24, 2.45) is 0 Å². The second-order valence-corrected chi connectivity index (χ2v) is 7.68. The molecule has 2 aromatic rings. The highest BCUT2D eigenvalue weighted by molar-refractivity contribution is 8.00. The summed E-state index contributed by atoms with van der Waals surface area (Å²) in [6, 6.07) is 7.62. The number of carboxylic acids is 1. The number of anilines is 1. The van der Waals surface area contributed by atoms with Crippen molar-refractivity contribution in [3.63, 3.8) is 0 Å². The van der Waals surface area contributed by atoms with Gasteiger partial charge in [0, 0.05) is 40.6 Å². The van der Waals surface area contributed by atoms with E-state index in [9.17, 15) is 9.90 Å². The molecule has 5 heteroatoms. The molecule has 0 saturated carbocycles. The fourth-order valence-corrected chi connectivity index (χ4v) is 3.91. The maximum absolute atomic E-state index is 11.3. The van der Waals surface area contributed by atoms with Gasteiger partial charge in [0.2, 0.25) is 0 Å². The highest BCUT2D eigenvalue weighted by atomic mass is 32.2. The van der Waals surface area contributed by atoms with Gasteiger partial charge in [-0.2, -0.15) is 11.8 Å². The summed E-state index contributed by atoms with van der Waals surface area (Å²) in [5.41, 5.74) is 0.264. The van der Waals surface area contributed by atoms with Crippen LogP contribution in [-0.4, -0.2) is 39.6 Å². The van der Waals surface area contributed by atoms with Crippen LogP contribution in [0.2, 0.25) is 0 Å². The van der Waals surface area contributed by atoms with Gasteiger partial charge in [0.1, 0.15) is 5.82 Å². The normalized spacial score (nSPS) is 17.9. The molecule has 21 heavy (non-hydrogen) atoms. The van der Waals surface area contributed by atoms with Crippen LogP contribution in [0.5, 0.6) is 0 Å². The molecular weight excluding hydrogens is 284 g/mol. The summed E-state index contributed by atoms with van der Waals surface area (Å²) in [5.74, 6) is 1.02.